The molecule has 0 aliphatic carbocycles. The summed E-state index contributed by atoms with van der Waals surface area (Å²) in [5.74, 6) is -0.0473. The molecule has 0 radical (unpaired) electrons. The van der Waals surface area contributed by atoms with E-state index in [1.54, 1.807) is 6.08 Å². The molecule has 0 spiro atoms. The van der Waals surface area contributed by atoms with Crippen molar-refractivity contribution in [3.63, 3.8) is 0 Å². The lowest BCUT2D eigenvalue weighted by molar-refractivity contribution is -0.143. The molecule has 462 valence electrons. The summed E-state index contributed by atoms with van der Waals surface area (Å²) in [5, 5.41) is 23.1. The highest BCUT2D eigenvalue weighted by molar-refractivity contribution is 5.76. The van der Waals surface area contributed by atoms with Crippen LogP contribution in [0.1, 0.15) is 399 Å². The molecule has 2 atom stereocenters. The van der Waals surface area contributed by atoms with Crippen molar-refractivity contribution in [3.8, 4) is 0 Å². The average molecular weight is 1100 g/mol. The minimum absolute atomic E-state index is 0.0149. The van der Waals surface area contributed by atoms with Crippen molar-refractivity contribution in [2.24, 2.45) is 0 Å². The number of allylic oxidation sites excluding steroid dienone is 3. The Morgan fingerprint density at radius 2 is 0.603 bits per heavy atom. The van der Waals surface area contributed by atoms with Gasteiger partial charge in [-0.25, -0.2) is 0 Å². The molecule has 0 rings (SSSR count). The van der Waals surface area contributed by atoms with Crippen LogP contribution >= 0.6 is 0 Å². The number of rotatable bonds is 67. The third-order valence-electron chi connectivity index (χ3n) is 16.7. The van der Waals surface area contributed by atoms with Gasteiger partial charge in [-0.1, -0.05) is 353 Å². The molecular weight excluding hydrogens is 959 g/mol. The number of aliphatic hydroxyl groups excluding tert-OH is 2. The zero-order chi connectivity index (χ0) is 56.4. The fourth-order valence-electron chi connectivity index (χ4n) is 11.3. The van der Waals surface area contributed by atoms with Gasteiger partial charge < -0.3 is 20.3 Å². The molecule has 2 unspecified atom stereocenters. The Morgan fingerprint density at radius 3 is 0.910 bits per heavy atom. The fraction of sp³-hybridized carbons (Fsp3) is 0.917. The van der Waals surface area contributed by atoms with E-state index in [0.717, 1.165) is 44.9 Å². The van der Waals surface area contributed by atoms with Crippen molar-refractivity contribution in [3.05, 3.63) is 24.3 Å². The van der Waals surface area contributed by atoms with Crippen molar-refractivity contribution in [1.29, 1.82) is 0 Å². The lowest BCUT2D eigenvalue weighted by atomic mass is 10.0. The van der Waals surface area contributed by atoms with Crippen LogP contribution < -0.4 is 5.32 Å². The van der Waals surface area contributed by atoms with Crippen LogP contribution in [-0.4, -0.2) is 47.4 Å². The quantitative estimate of drug-likeness (QED) is 0.0320. The Labute approximate surface area is 488 Å². The molecule has 0 bridgehead atoms. The van der Waals surface area contributed by atoms with E-state index in [4.69, 9.17) is 4.74 Å². The lowest BCUT2D eigenvalue weighted by Crippen LogP contribution is -2.45. The Balaban J connectivity index is 3.29. The van der Waals surface area contributed by atoms with Gasteiger partial charge in [0.1, 0.15) is 0 Å². The number of amides is 1. The molecule has 0 aromatic rings. The molecule has 0 aliphatic heterocycles. The summed E-state index contributed by atoms with van der Waals surface area (Å²) in [6, 6.07) is -0.622. The predicted molar refractivity (Wildman–Crippen MR) is 343 cm³/mol. The third kappa shape index (κ3) is 63.5. The van der Waals surface area contributed by atoms with Gasteiger partial charge in [-0.05, 0) is 57.8 Å². The Kier molecular flexibility index (Phi) is 66.4. The molecule has 0 aromatic heterocycles. The first-order valence-corrected chi connectivity index (χ1v) is 35.6. The summed E-state index contributed by atoms with van der Waals surface area (Å²) in [5.41, 5.74) is 0. The SMILES string of the molecule is CCCCCCCC/C=C\CCCCCCCC(=O)OCCCCCCCCCCCCCCCCCCCCCCCCCCCCCCCCCCCCCC(=O)NC(CO)C(O)/C=C/CCCCCCCCCCC. The second-order valence-corrected chi connectivity index (χ2v) is 24.6. The van der Waals surface area contributed by atoms with Gasteiger partial charge in [0.05, 0.1) is 25.4 Å². The molecule has 3 N–H and O–H groups in total. The summed E-state index contributed by atoms with van der Waals surface area (Å²) in [6.45, 7) is 4.91. The van der Waals surface area contributed by atoms with Gasteiger partial charge >= 0.3 is 5.97 Å². The summed E-state index contributed by atoms with van der Waals surface area (Å²) in [4.78, 5) is 24.5. The number of hydrogen-bond donors (Lipinski definition) is 3. The van der Waals surface area contributed by atoms with Crippen LogP contribution in [0.2, 0.25) is 0 Å². The molecule has 0 heterocycles. The van der Waals surface area contributed by atoms with Crippen LogP contribution in [0.4, 0.5) is 0 Å². The number of ether oxygens (including phenoxy) is 1. The Morgan fingerprint density at radius 1 is 0.346 bits per heavy atom. The number of aliphatic hydroxyl groups is 2. The highest BCUT2D eigenvalue weighted by atomic mass is 16.5. The molecule has 0 saturated carbocycles. The van der Waals surface area contributed by atoms with Crippen molar-refractivity contribution < 1.29 is 24.5 Å². The zero-order valence-corrected chi connectivity index (χ0v) is 52.9. The Hall–Kier alpha value is -1.66. The van der Waals surface area contributed by atoms with Crippen molar-refractivity contribution in [2.75, 3.05) is 13.2 Å². The summed E-state index contributed by atoms with van der Waals surface area (Å²) in [6.07, 6.45) is 85.7. The summed E-state index contributed by atoms with van der Waals surface area (Å²) >= 11 is 0. The molecule has 0 aromatic carbocycles. The van der Waals surface area contributed by atoms with E-state index in [1.807, 2.05) is 6.08 Å². The first-order chi connectivity index (χ1) is 38.5. The largest absolute Gasteiger partial charge is 0.466 e. The maximum absolute atomic E-state index is 12.4. The molecular formula is C72H139NO5. The first kappa shape index (κ1) is 76.3. The maximum Gasteiger partial charge on any atom is 0.305 e. The van der Waals surface area contributed by atoms with Gasteiger partial charge in [-0.3, -0.25) is 9.59 Å². The van der Waals surface area contributed by atoms with Crippen LogP contribution in [0.3, 0.4) is 0 Å². The van der Waals surface area contributed by atoms with Crippen LogP contribution in [0.5, 0.6) is 0 Å². The van der Waals surface area contributed by atoms with Crippen LogP contribution in [0.15, 0.2) is 24.3 Å². The number of nitrogens with one attached hydrogen (secondary N) is 1. The van der Waals surface area contributed by atoms with Gasteiger partial charge in [-0.2, -0.15) is 0 Å². The second-order valence-electron chi connectivity index (χ2n) is 24.6. The minimum Gasteiger partial charge on any atom is -0.466 e. The lowest BCUT2D eigenvalue weighted by Gasteiger charge is -2.20. The molecule has 6 nitrogen and oxygen atoms in total. The maximum atomic E-state index is 12.4. The molecule has 0 saturated heterocycles. The summed E-state index contributed by atoms with van der Waals surface area (Å²) < 4.78 is 5.50. The predicted octanol–water partition coefficient (Wildman–Crippen LogP) is 22.9. The molecule has 0 aliphatic rings. The normalized spacial score (nSPS) is 12.6. The monoisotopic (exact) mass is 1100 g/mol. The van der Waals surface area contributed by atoms with E-state index >= 15 is 0 Å². The van der Waals surface area contributed by atoms with Gasteiger partial charge in [0.15, 0.2) is 0 Å². The van der Waals surface area contributed by atoms with Crippen molar-refractivity contribution in [1.82, 2.24) is 5.32 Å². The third-order valence-corrected chi connectivity index (χ3v) is 16.7. The molecule has 1 amide bonds. The fourth-order valence-corrected chi connectivity index (χ4v) is 11.3. The van der Waals surface area contributed by atoms with E-state index < -0.39 is 12.1 Å². The highest BCUT2D eigenvalue weighted by Crippen LogP contribution is 2.19. The Bertz CT molecular complexity index is 1220. The molecule has 0 fully saturated rings. The van der Waals surface area contributed by atoms with Gasteiger partial charge in [0, 0.05) is 12.8 Å². The van der Waals surface area contributed by atoms with E-state index in [1.165, 1.54) is 327 Å². The number of carbonyl (C=O) groups is 2. The first-order valence-electron chi connectivity index (χ1n) is 35.6. The van der Waals surface area contributed by atoms with Gasteiger partial charge in [-0.15, -0.1) is 0 Å². The van der Waals surface area contributed by atoms with E-state index in [2.05, 4.69) is 31.3 Å². The topological polar surface area (TPSA) is 95.9 Å². The standard InChI is InChI=1S/C72H139NO5/c1-3-5-7-9-11-13-15-16-38-42-46-50-54-58-62-66-72(77)78-67-63-59-55-51-47-43-40-37-35-33-31-29-27-25-23-21-19-17-18-20-22-24-26-28-30-32-34-36-39-41-45-49-53-57-61-65-71(76)73-69(68-74)70(75)64-60-56-52-48-44-14-12-10-8-6-4-2/h16,38,60,64,69-70,74-75H,3-15,17-37,39-59,61-63,65-68H2,1-2H3,(H,73,76)/b38-16-,64-60+. The molecule has 78 heavy (non-hydrogen) atoms. The van der Waals surface area contributed by atoms with Crippen LogP contribution in [0, 0.1) is 0 Å². The zero-order valence-electron chi connectivity index (χ0n) is 52.9. The average Bonchev–Trinajstić information content (AvgIpc) is 3.44. The van der Waals surface area contributed by atoms with E-state index in [0.29, 0.717) is 19.4 Å². The molecule has 6 heteroatoms. The summed E-state index contributed by atoms with van der Waals surface area (Å²) in [7, 11) is 0. The van der Waals surface area contributed by atoms with Crippen LogP contribution in [0.25, 0.3) is 0 Å². The van der Waals surface area contributed by atoms with E-state index in [-0.39, 0.29) is 18.5 Å². The number of hydrogen-bond acceptors (Lipinski definition) is 5. The minimum atomic E-state index is -0.839. The van der Waals surface area contributed by atoms with Gasteiger partial charge in [0.2, 0.25) is 5.91 Å². The van der Waals surface area contributed by atoms with Crippen molar-refractivity contribution in [2.45, 2.75) is 411 Å². The highest BCUT2D eigenvalue weighted by Gasteiger charge is 2.18. The van der Waals surface area contributed by atoms with E-state index in [9.17, 15) is 19.8 Å². The van der Waals surface area contributed by atoms with Gasteiger partial charge in [0.25, 0.3) is 0 Å². The number of esters is 1. The smallest absolute Gasteiger partial charge is 0.305 e. The number of carbonyl (C=O) groups excluding carboxylic acids is 2. The van der Waals surface area contributed by atoms with Crippen molar-refractivity contribution >= 4 is 11.9 Å². The number of unbranched alkanes of at least 4 members (excludes halogenated alkanes) is 54. The van der Waals surface area contributed by atoms with Crippen LogP contribution in [-0.2, 0) is 14.3 Å². The second kappa shape index (κ2) is 67.8.